The number of thioether (sulfide) groups is 1. The summed E-state index contributed by atoms with van der Waals surface area (Å²) in [6, 6.07) is 9.02. The van der Waals surface area contributed by atoms with E-state index in [0.29, 0.717) is 0 Å². The van der Waals surface area contributed by atoms with E-state index in [1.54, 1.807) is 0 Å². The summed E-state index contributed by atoms with van der Waals surface area (Å²) in [7, 11) is 0. The zero-order chi connectivity index (χ0) is 13.0. The number of anilines is 1. The molecule has 1 aliphatic heterocycles. The van der Waals surface area contributed by atoms with Crippen LogP contribution in [0.3, 0.4) is 0 Å². The molecule has 1 heterocycles. The molecule has 1 N–H and O–H groups in total. The highest BCUT2D eigenvalue weighted by Crippen LogP contribution is 2.28. The first kappa shape index (κ1) is 13.8. The first-order chi connectivity index (χ1) is 8.69. The van der Waals surface area contributed by atoms with E-state index >= 15 is 0 Å². The van der Waals surface area contributed by atoms with Crippen LogP contribution in [0.4, 0.5) is 5.69 Å². The Kier molecular flexibility index (Phi) is 4.95. The topological polar surface area (TPSA) is 15.3 Å². The summed E-state index contributed by atoms with van der Waals surface area (Å²) >= 11 is 2.10. The lowest BCUT2D eigenvalue weighted by atomic mass is 10.2. The lowest BCUT2D eigenvalue weighted by Crippen LogP contribution is -2.40. The third-order valence-corrected chi connectivity index (χ3v) is 4.53. The second-order valence-corrected chi connectivity index (χ2v) is 6.99. The number of nitrogens with one attached hydrogen (secondary N) is 1. The van der Waals surface area contributed by atoms with Gasteiger partial charge in [0, 0.05) is 35.8 Å². The fourth-order valence-electron chi connectivity index (χ4n) is 2.48. The lowest BCUT2D eigenvalue weighted by Gasteiger charge is -2.36. The molecule has 100 valence electrons. The van der Waals surface area contributed by atoms with Crippen molar-refractivity contribution in [3.05, 3.63) is 29.8 Å². The standard InChI is InChI=1S/C15H24N2S/c1-4-16-9-14-5-7-15(8-6-14)17-10-12(2)18-13(3)11-17/h5-8,12-13,16H,4,9-11H2,1-3H3. The van der Waals surface area contributed by atoms with E-state index in [2.05, 4.69) is 67.0 Å². The second kappa shape index (κ2) is 6.48. The highest BCUT2D eigenvalue weighted by atomic mass is 32.2. The maximum Gasteiger partial charge on any atom is 0.0367 e. The van der Waals surface area contributed by atoms with Crippen LogP contribution in [0, 0.1) is 0 Å². The molecule has 2 atom stereocenters. The highest BCUT2D eigenvalue weighted by molar-refractivity contribution is 8.00. The Balaban J connectivity index is 2.00. The minimum atomic E-state index is 0.732. The minimum absolute atomic E-state index is 0.732. The average molecular weight is 264 g/mol. The Morgan fingerprint density at radius 3 is 2.33 bits per heavy atom. The largest absolute Gasteiger partial charge is 0.369 e. The Labute approximate surface area is 115 Å². The maximum atomic E-state index is 3.36. The van der Waals surface area contributed by atoms with E-state index in [4.69, 9.17) is 0 Å². The average Bonchev–Trinajstić information content (AvgIpc) is 2.36. The van der Waals surface area contributed by atoms with E-state index in [-0.39, 0.29) is 0 Å². The van der Waals surface area contributed by atoms with Crippen molar-refractivity contribution in [3.8, 4) is 0 Å². The molecule has 3 heteroatoms. The van der Waals surface area contributed by atoms with Gasteiger partial charge in [-0.05, 0) is 24.2 Å². The van der Waals surface area contributed by atoms with E-state index in [1.165, 1.54) is 24.3 Å². The Hall–Kier alpha value is -0.670. The van der Waals surface area contributed by atoms with Gasteiger partial charge in [0.05, 0.1) is 0 Å². The predicted molar refractivity (Wildman–Crippen MR) is 82.6 cm³/mol. The van der Waals surface area contributed by atoms with E-state index < -0.39 is 0 Å². The molecule has 0 spiro atoms. The lowest BCUT2D eigenvalue weighted by molar-refractivity contribution is 0.721. The van der Waals surface area contributed by atoms with Crippen LogP contribution in [0.1, 0.15) is 26.3 Å². The van der Waals surface area contributed by atoms with Gasteiger partial charge < -0.3 is 10.2 Å². The van der Waals surface area contributed by atoms with Gasteiger partial charge in [0.2, 0.25) is 0 Å². The fraction of sp³-hybridized carbons (Fsp3) is 0.600. The van der Waals surface area contributed by atoms with Crippen molar-refractivity contribution in [1.82, 2.24) is 5.32 Å². The van der Waals surface area contributed by atoms with Crippen LogP contribution in [0.25, 0.3) is 0 Å². The maximum absolute atomic E-state index is 3.36. The Bertz CT molecular complexity index is 353. The summed E-state index contributed by atoms with van der Waals surface area (Å²) in [5, 5.41) is 4.82. The molecular formula is C15H24N2S. The quantitative estimate of drug-likeness (QED) is 0.899. The van der Waals surface area contributed by atoms with Gasteiger partial charge in [-0.25, -0.2) is 0 Å². The van der Waals surface area contributed by atoms with Gasteiger partial charge in [-0.1, -0.05) is 32.9 Å². The van der Waals surface area contributed by atoms with E-state index in [1.807, 2.05) is 0 Å². The van der Waals surface area contributed by atoms with Crippen LogP contribution in [-0.4, -0.2) is 30.1 Å². The van der Waals surface area contributed by atoms with Crippen LogP contribution in [0.5, 0.6) is 0 Å². The number of nitrogens with zero attached hydrogens (tertiary/aromatic N) is 1. The van der Waals surface area contributed by atoms with Crippen LogP contribution in [0.2, 0.25) is 0 Å². The smallest absolute Gasteiger partial charge is 0.0367 e. The Morgan fingerprint density at radius 2 is 1.78 bits per heavy atom. The van der Waals surface area contributed by atoms with Crippen molar-refractivity contribution in [2.45, 2.75) is 37.8 Å². The molecule has 1 fully saturated rings. The summed E-state index contributed by atoms with van der Waals surface area (Å²) in [5.41, 5.74) is 2.74. The number of benzene rings is 1. The molecule has 0 bridgehead atoms. The van der Waals surface area contributed by atoms with Gasteiger partial charge in [-0.15, -0.1) is 0 Å². The first-order valence-corrected chi connectivity index (χ1v) is 7.83. The third kappa shape index (κ3) is 3.66. The summed E-state index contributed by atoms with van der Waals surface area (Å²) in [6.07, 6.45) is 0. The van der Waals surface area contributed by atoms with Crippen LogP contribution >= 0.6 is 11.8 Å². The molecule has 2 unspecified atom stereocenters. The number of hydrogen-bond acceptors (Lipinski definition) is 3. The van der Waals surface area contributed by atoms with Crippen LogP contribution in [0.15, 0.2) is 24.3 Å². The van der Waals surface area contributed by atoms with Gasteiger partial charge in [0.25, 0.3) is 0 Å². The van der Waals surface area contributed by atoms with Crippen LogP contribution < -0.4 is 10.2 Å². The van der Waals surface area contributed by atoms with Crippen molar-refractivity contribution in [2.75, 3.05) is 24.5 Å². The fourth-order valence-corrected chi connectivity index (χ4v) is 3.81. The molecule has 0 saturated carbocycles. The molecule has 2 nitrogen and oxygen atoms in total. The van der Waals surface area contributed by atoms with Crippen molar-refractivity contribution in [1.29, 1.82) is 0 Å². The van der Waals surface area contributed by atoms with Gasteiger partial charge >= 0.3 is 0 Å². The summed E-state index contributed by atoms with van der Waals surface area (Å²) in [5.74, 6) is 0. The molecular weight excluding hydrogens is 240 g/mol. The first-order valence-electron chi connectivity index (χ1n) is 6.89. The Morgan fingerprint density at radius 1 is 1.17 bits per heavy atom. The summed E-state index contributed by atoms with van der Waals surface area (Å²) in [4.78, 5) is 2.52. The molecule has 0 aromatic heterocycles. The zero-order valence-corrected chi connectivity index (χ0v) is 12.5. The molecule has 0 radical (unpaired) electrons. The van der Waals surface area contributed by atoms with E-state index in [0.717, 1.165) is 23.6 Å². The van der Waals surface area contributed by atoms with Gasteiger partial charge in [0.1, 0.15) is 0 Å². The zero-order valence-electron chi connectivity index (χ0n) is 11.6. The molecule has 1 aromatic carbocycles. The summed E-state index contributed by atoms with van der Waals surface area (Å²) < 4.78 is 0. The van der Waals surface area contributed by atoms with Crippen molar-refractivity contribution in [3.63, 3.8) is 0 Å². The molecule has 2 rings (SSSR count). The molecule has 1 aromatic rings. The second-order valence-electron chi connectivity index (χ2n) is 5.11. The van der Waals surface area contributed by atoms with Crippen LogP contribution in [-0.2, 0) is 6.54 Å². The molecule has 0 amide bonds. The highest BCUT2D eigenvalue weighted by Gasteiger charge is 2.22. The van der Waals surface area contributed by atoms with E-state index in [9.17, 15) is 0 Å². The molecule has 18 heavy (non-hydrogen) atoms. The van der Waals surface area contributed by atoms with Crippen molar-refractivity contribution >= 4 is 17.4 Å². The normalized spacial score (nSPS) is 24.3. The predicted octanol–water partition coefficient (Wildman–Crippen LogP) is 3.13. The monoisotopic (exact) mass is 264 g/mol. The molecule has 0 aliphatic carbocycles. The van der Waals surface area contributed by atoms with Gasteiger partial charge in [-0.3, -0.25) is 0 Å². The third-order valence-electron chi connectivity index (χ3n) is 3.30. The van der Waals surface area contributed by atoms with Gasteiger partial charge in [-0.2, -0.15) is 11.8 Å². The van der Waals surface area contributed by atoms with Crippen molar-refractivity contribution < 1.29 is 0 Å². The van der Waals surface area contributed by atoms with Gasteiger partial charge in [0.15, 0.2) is 0 Å². The molecule has 1 saturated heterocycles. The number of rotatable bonds is 4. The number of hydrogen-bond donors (Lipinski definition) is 1. The molecule has 1 aliphatic rings. The minimum Gasteiger partial charge on any atom is -0.369 e. The van der Waals surface area contributed by atoms with Crippen molar-refractivity contribution in [2.24, 2.45) is 0 Å². The summed E-state index contributed by atoms with van der Waals surface area (Å²) in [6.45, 7) is 11.1. The SMILES string of the molecule is CCNCc1ccc(N2CC(C)SC(C)C2)cc1.